The van der Waals surface area contributed by atoms with E-state index in [1.807, 2.05) is 0 Å². The molecule has 1 aliphatic rings. The maximum Gasteiger partial charge on any atom is 0.416 e. The van der Waals surface area contributed by atoms with Crippen molar-refractivity contribution in [2.45, 2.75) is 38.9 Å². The molecule has 0 aliphatic carbocycles. The molecule has 2 nitrogen and oxygen atoms in total. The number of rotatable bonds is 5. The predicted molar refractivity (Wildman–Crippen MR) is 97.2 cm³/mol. The van der Waals surface area contributed by atoms with Crippen molar-refractivity contribution in [1.29, 1.82) is 0 Å². The highest BCUT2D eigenvalue weighted by molar-refractivity contribution is 5.85. The third-order valence-corrected chi connectivity index (χ3v) is 4.29. The zero-order chi connectivity index (χ0) is 17.0. The van der Waals surface area contributed by atoms with Gasteiger partial charge in [-0.2, -0.15) is 13.2 Å². The van der Waals surface area contributed by atoms with Crippen LogP contribution in [0, 0.1) is 11.7 Å². The van der Waals surface area contributed by atoms with E-state index < -0.39 is 17.6 Å². The van der Waals surface area contributed by atoms with Crippen LogP contribution in [0.3, 0.4) is 0 Å². The lowest BCUT2D eigenvalue weighted by Crippen LogP contribution is -2.45. The molecule has 0 bridgehead atoms. The molecule has 1 aromatic rings. The van der Waals surface area contributed by atoms with E-state index in [1.165, 1.54) is 0 Å². The van der Waals surface area contributed by atoms with Gasteiger partial charge in [0, 0.05) is 37.8 Å². The first kappa shape index (κ1) is 24.4. The van der Waals surface area contributed by atoms with E-state index >= 15 is 0 Å². The van der Waals surface area contributed by atoms with Crippen LogP contribution in [-0.2, 0) is 6.18 Å². The van der Waals surface area contributed by atoms with E-state index in [0.29, 0.717) is 12.3 Å². The standard InChI is InChI=1S/C17H24F4N2.2ClH/c1-12(2)3-6-16(23-9-7-22-8-10-23)14-11-13(17(19,20)21)4-5-15(14)18;;/h4-5,11-12,16,22H,3,6-10H2,1-2H3;2*1H/t16-;;/m1../s1. The van der Waals surface area contributed by atoms with Crippen molar-refractivity contribution in [3.8, 4) is 0 Å². The molecule has 1 heterocycles. The fourth-order valence-corrected chi connectivity index (χ4v) is 3.00. The summed E-state index contributed by atoms with van der Waals surface area (Å²) in [4.78, 5) is 2.09. The van der Waals surface area contributed by atoms with E-state index in [4.69, 9.17) is 0 Å². The summed E-state index contributed by atoms with van der Waals surface area (Å²) in [5.41, 5.74) is -0.610. The van der Waals surface area contributed by atoms with E-state index in [1.54, 1.807) is 0 Å². The quantitative estimate of drug-likeness (QED) is 0.689. The minimum Gasteiger partial charge on any atom is -0.314 e. The van der Waals surface area contributed by atoms with Gasteiger partial charge >= 0.3 is 6.18 Å². The molecule has 1 N–H and O–H groups in total. The zero-order valence-electron chi connectivity index (χ0n) is 14.4. The average Bonchev–Trinajstić information content (AvgIpc) is 2.48. The average molecular weight is 405 g/mol. The summed E-state index contributed by atoms with van der Waals surface area (Å²) in [6.45, 7) is 7.13. The lowest BCUT2D eigenvalue weighted by molar-refractivity contribution is -0.137. The van der Waals surface area contributed by atoms with Crippen LogP contribution in [-0.4, -0.2) is 31.1 Å². The van der Waals surface area contributed by atoms with Crippen LogP contribution in [0.15, 0.2) is 18.2 Å². The second-order valence-corrected chi connectivity index (χ2v) is 6.51. The van der Waals surface area contributed by atoms with Crippen LogP contribution in [0.2, 0.25) is 0 Å². The summed E-state index contributed by atoms with van der Waals surface area (Å²) in [7, 11) is 0. The van der Waals surface area contributed by atoms with E-state index in [9.17, 15) is 17.6 Å². The van der Waals surface area contributed by atoms with Crippen molar-refractivity contribution >= 4 is 24.8 Å². The minimum absolute atomic E-state index is 0. The van der Waals surface area contributed by atoms with Gasteiger partial charge in [0.15, 0.2) is 0 Å². The van der Waals surface area contributed by atoms with Crippen molar-refractivity contribution < 1.29 is 17.6 Å². The molecule has 146 valence electrons. The fraction of sp³-hybridized carbons (Fsp3) is 0.647. The van der Waals surface area contributed by atoms with Crippen LogP contribution in [0.1, 0.15) is 43.9 Å². The number of hydrogen-bond donors (Lipinski definition) is 1. The van der Waals surface area contributed by atoms with Crippen molar-refractivity contribution in [1.82, 2.24) is 10.2 Å². The topological polar surface area (TPSA) is 15.3 Å². The smallest absolute Gasteiger partial charge is 0.314 e. The van der Waals surface area contributed by atoms with Crippen LogP contribution in [0.5, 0.6) is 0 Å². The monoisotopic (exact) mass is 404 g/mol. The van der Waals surface area contributed by atoms with Crippen LogP contribution in [0.4, 0.5) is 17.6 Å². The summed E-state index contributed by atoms with van der Waals surface area (Å²) >= 11 is 0. The molecule has 1 saturated heterocycles. The molecular formula is C17H26Cl2F4N2. The van der Waals surface area contributed by atoms with Crippen molar-refractivity contribution in [3.63, 3.8) is 0 Å². The Hall–Kier alpha value is -0.560. The molecule has 1 atom stereocenters. The number of alkyl halides is 3. The summed E-state index contributed by atoms with van der Waals surface area (Å²) < 4.78 is 53.2. The summed E-state index contributed by atoms with van der Waals surface area (Å²) in [5, 5.41) is 3.22. The third-order valence-electron chi connectivity index (χ3n) is 4.29. The molecule has 1 fully saturated rings. The van der Waals surface area contributed by atoms with Gasteiger partial charge in [-0.3, -0.25) is 4.90 Å². The largest absolute Gasteiger partial charge is 0.416 e. The Morgan fingerprint density at radius 1 is 1.08 bits per heavy atom. The maximum absolute atomic E-state index is 14.3. The Labute approximate surface area is 159 Å². The van der Waals surface area contributed by atoms with Crippen LogP contribution >= 0.6 is 24.8 Å². The molecular weight excluding hydrogens is 379 g/mol. The van der Waals surface area contributed by atoms with E-state index in [2.05, 4.69) is 24.1 Å². The third kappa shape index (κ3) is 6.93. The molecule has 0 amide bonds. The van der Waals surface area contributed by atoms with Gasteiger partial charge in [0.1, 0.15) is 5.82 Å². The van der Waals surface area contributed by atoms with E-state index in [-0.39, 0.29) is 36.4 Å². The number of halogens is 6. The Morgan fingerprint density at radius 3 is 2.20 bits per heavy atom. The highest BCUT2D eigenvalue weighted by atomic mass is 35.5. The molecule has 1 aliphatic heterocycles. The first-order valence-corrected chi connectivity index (χ1v) is 8.10. The maximum atomic E-state index is 14.3. The Balaban J connectivity index is 0.00000288. The normalized spacial score (nSPS) is 16.9. The van der Waals surface area contributed by atoms with Gasteiger partial charge in [0.05, 0.1) is 5.56 Å². The van der Waals surface area contributed by atoms with Gasteiger partial charge in [-0.15, -0.1) is 24.8 Å². The van der Waals surface area contributed by atoms with Gasteiger partial charge in [0.2, 0.25) is 0 Å². The van der Waals surface area contributed by atoms with Gasteiger partial charge in [-0.05, 0) is 37.0 Å². The van der Waals surface area contributed by atoms with Crippen molar-refractivity contribution in [2.24, 2.45) is 5.92 Å². The summed E-state index contributed by atoms with van der Waals surface area (Å²) in [6.07, 6.45) is -2.94. The van der Waals surface area contributed by atoms with Gasteiger partial charge in [0.25, 0.3) is 0 Å². The Bertz CT molecular complexity index is 518. The first-order chi connectivity index (χ1) is 10.8. The molecule has 8 heteroatoms. The van der Waals surface area contributed by atoms with Gasteiger partial charge in [-0.1, -0.05) is 13.8 Å². The number of nitrogens with zero attached hydrogens (tertiary/aromatic N) is 1. The molecule has 0 saturated carbocycles. The molecule has 2 rings (SSSR count). The van der Waals surface area contributed by atoms with Gasteiger partial charge < -0.3 is 5.32 Å². The van der Waals surface area contributed by atoms with Crippen LogP contribution in [0.25, 0.3) is 0 Å². The molecule has 1 aromatic carbocycles. The zero-order valence-corrected chi connectivity index (χ0v) is 16.0. The Kier molecular flexibility index (Phi) is 10.3. The second-order valence-electron chi connectivity index (χ2n) is 6.51. The van der Waals surface area contributed by atoms with E-state index in [0.717, 1.165) is 50.8 Å². The van der Waals surface area contributed by atoms with Gasteiger partial charge in [-0.25, -0.2) is 4.39 Å². The summed E-state index contributed by atoms with van der Waals surface area (Å²) in [6, 6.07) is 2.45. The highest BCUT2D eigenvalue weighted by Gasteiger charge is 2.33. The first-order valence-electron chi connectivity index (χ1n) is 8.10. The molecule has 25 heavy (non-hydrogen) atoms. The lowest BCUT2D eigenvalue weighted by atomic mass is 9.94. The predicted octanol–water partition coefficient (Wildman–Crippen LogP) is 5.07. The molecule has 0 aromatic heterocycles. The minimum atomic E-state index is -4.45. The van der Waals surface area contributed by atoms with Crippen molar-refractivity contribution in [2.75, 3.05) is 26.2 Å². The summed E-state index contributed by atoms with van der Waals surface area (Å²) in [5.74, 6) is -0.125. The molecule has 0 unspecified atom stereocenters. The Morgan fingerprint density at radius 2 is 1.68 bits per heavy atom. The number of benzene rings is 1. The molecule has 0 radical (unpaired) electrons. The lowest BCUT2D eigenvalue weighted by Gasteiger charge is -2.36. The number of hydrogen-bond acceptors (Lipinski definition) is 2. The second kappa shape index (κ2) is 10.6. The highest BCUT2D eigenvalue weighted by Crippen LogP contribution is 2.35. The molecule has 0 spiro atoms. The number of nitrogens with one attached hydrogen (secondary N) is 1. The van der Waals surface area contributed by atoms with Crippen molar-refractivity contribution in [3.05, 3.63) is 35.1 Å². The number of piperazine rings is 1. The van der Waals surface area contributed by atoms with Crippen LogP contribution < -0.4 is 5.32 Å². The SMILES string of the molecule is CC(C)CC[C@H](c1cc(C(F)(F)F)ccc1F)N1CCNCC1.Cl.Cl. The fourth-order valence-electron chi connectivity index (χ4n) is 3.00.